The summed E-state index contributed by atoms with van der Waals surface area (Å²) in [6.45, 7) is 11.8. The van der Waals surface area contributed by atoms with Crippen LogP contribution in [0.1, 0.15) is 35.7 Å². The normalized spacial score (nSPS) is 17.4. The van der Waals surface area contributed by atoms with E-state index in [2.05, 4.69) is 39.8 Å². The smallest absolute Gasteiger partial charge is 0.187 e. The zero-order valence-electron chi connectivity index (χ0n) is 17.7. The molecule has 0 saturated carbocycles. The Labute approximate surface area is 199 Å². The van der Waals surface area contributed by atoms with Crippen LogP contribution in [-0.2, 0) is 0 Å². The SMILES string of the molecule is [C-]#[N+]c1ccc([C@@H](C)N2CCN(c3ccc(Cl)cc3C#N)[C@H](c3ccc(Cl)cc3)C2)cc1. The molecule has 4 rings (SSSR count). The highest BCUT2D eigenvalue weighted by Gasteiger charge is 2.32. The number of benzene rings is 3. The molecule has 0 spiro atoms. The molecule has 0 amide bonds. The van der Waals surface area contributed by atoms with E-state index in [1.54, 1.807) is 6.07 Å². The highest BCUT2D eigenvalue weighted by molar-refractivity contribution is 6.31. The van der Waals surface area contributed by atoms with Gasteiger partial charge < -0.3 is 4.90 Å². The summed E-state index contributed by atoms with van der Waals surface area (Å²) in [5, 5.41) is 11.0. The van der Waals surface area contributed by atoms with Gasteiger partial charge in [0.05, 0.1) is 23.9 Å². The summed E-state index contributed by atoms with van der Waals surface area (Å²) in [6, 6.07) is 23.8. The summed E-state index contributed by atoms with van der Waals surface area (Å²) in [4.78, 5) is 8.24. The maximum Gasteiger partial charge on any atom is 0.187 e. The molecule has 0 aromatic heterocycles. The first kappa shape index (κ1) is 22.2. The number of rotatable bonds is 4. The number of piperazine rings is 1. The van der Waals surface area contributed by atoms with E-state index in [4.69, 9.17) is 29.8 Å². The van der Waals surface area contributed by atoms with Crippen LogP contribution in [0.25, 0.3) is 4.85 Å². The van der Waals surface area contributed by atoms with E-state index in [1.807, 2.05) is 48.5 Å². The maximum absolute atomic E-state index is 9.71. The van der Waals surface area contributed by atoms with Crippen LogP contribution in [0, 0.1) is 17.9 Å². The number of halogens is 2. The molecular formula is C26H22Cl2N4. The molecule has 0 unspecified atom stereocenters. The van der Waals surface area contributed by atoms with Crippen molar-refractivity contribution in [1.82, 2.24) is 4.90 Å². The molecule has 1 saturated heterocycles. The van der Waals surface area contributed by atoms with E-state index in [0.717, 1.165) is 30.9 Å². The van der Waals surface area contributed by atoms with Crippen molar-refractivity contribution in [3.8, 4) is 6.07 Å². The molecule has 4 nitrogen and oxygen atoms in total. The van der Waals surface area contributed by atoms with Crippen LogP contribution in [0.15, 0.2) is 66.7 Å². The Bertz CT molecular complexity index is 1180. The Balaban J connectivity index is 1.67. The van der Waals surface area contributed by atoms with Gasteiger partial charge in [-0.2, -0.15) is 5.26 Å². The summed E-state index contributed by atoms with van der Waals surface area (Å²) in [5.41, 5.74) is 4.45. The molecule has 1 aliphatic rings. The first-order valence-electron chi connectivity index (χ1n) is 10.4. The fraction of sp³-hybridized carbons (Fsp3) is 0.231. The molecule has 3 aromatic carbocycles. The lowest BCUT2D eigenvalue weighted by molar-refractivity contribution is 0.171. The monoisotopic (exact) mass is 460 g/mol. The minimum Gasteiger partial charge on any atom is -0.361 e. The van der Waals surface area contributed by atoms with Crippen molar-refractivity contribution in [2.24, 2.45) is 0 Å². The van der Waals surface area contributed by atoms with Crippen LogP contribution < -0.4 is 4.90 Å². The van der Waals surface area contributed by atoms with E-state index in [1.165, 1.54) is 5.56 Å². The molecule has 32 heavy (non-hydrogen) atoms. The topological polar surface area (TPSA) is 34.6 Å². The predicted octanol–water partition coefficient (Wildman–Crippen LogP) is 7.04. The maximum atomic E-state index is 9.71. The third kappa shape index (κ3) is 4.59. The van der Waals surface area contributed by atoms with Crippen molar-refractivity contribution in [3.05, 3.63) is 105 Å². The van der Waals surface area contributed by atoms with Crippen molar-refractivity contribution in [3.63, 3.8) is 0 Å². The summed E-state index contributed by atoms with van der Waals surface area (Å²) < 4.78 is 0. The Hall–Kier alpha value is -3.02. The quantitative estimate of drug-likeness (QED) is 0.391. The molecule has 0 N–H and O–H groups in total. The van der Waals surface area contributed by atoms with E-state index in [9.17, 15) is 5.26 Å². The van der Waals surface area contributed by atoms with Gasteiger partial charge in [-0.05, 0) is 48.4 Å². The van der Waals surface area contributed by atoms with Crippen molar-refractivity contribution in [1.29, 1.82) is 5.26 Å². The molecule has 1 heterocycles. The van der Waals surface area contributed by atoms with Gasteiger partial charge >= 0.3 is 0 Å². The third-order valence-corrected chi connectivity index (χ3v) is 6.59. The first-order chi connectivity index (χ1) is 15.5. The molecule has 2 atom stereocenters. The van der Waals surface area contributed by atoms with E-state index in [0.29, 0.717) is 21.3 Å². The average molecular weight is 461 g/mol. The van der Waals surface area contributed by atoms with Crippen molar-refractivity contribution in [2.75, 3.05) is 24.5 Å². The van der Waals surface area contributed by atoms with Gasteiger partial charge in [-0.3, -0.25) is 4.90 Å². The number of hydrogen-bond acceptors (Lipinski definition) is 3. The lowest BCUT2D eigenvalue weighted by Gasteiger charge is -2.45. The van der Waals surface area contributed by atoms with Gasteiger partial charge in [-0.25, -0.2) is 4.85 Å². The molecule has 3 aromatic rings. The predicted molar refractivity (Wildman–Crippen MR) is 130 cm³/mol. The van der Waals surface area contributed by atoms with Crippen molar-refractivity contribution in [2.45, 2.75) is 19.0 Å². The Morgan fingerprint density at radius 2 is 1.69 bits per heavy atom. The van der Waals surface area contributed by atoms with E-state index < -0.39 is 0 Å². The second kappa shape index (κ2) is 9.63. The zero-order valence-corrected chi connectivity index (χ0v) is 19.2. The van der Waals surface area contributed by atoms with Crippen LogP contribution in [-0.4, -0.2) is 24.5 Å². The fourth-order valence-corrected chi connectivity index (χ4v) is 4.60. The van der Waals surface area contributed by atoms with Gasteiger partial charge in [0, 0.05) is 35.7 Å². The molecule has 1 fully saturated rings. The molecule has 0 aliphatic carbocycles. The van der Waals surface area contributed by atoms with Crippen molar-refractivity contribution < 1.29 is 0 Å². The summed E-state index contributed by atoms with van der Waals surface area (Å²) in [5.74, 6) is 0. The van der Waals surface area contributed by atoms with Gasteiger partial charge in [-0.1, -0.05) is 59.6 Å². The minimum absolute atomic E-state index is 0.0549. The number of anilines is 1. The largest absolute Gasteiger partial charge is 0.361 e. The van der Waals surface area contributed by atoms with Gasteiger partial charge in [0.2, 0.25) is 0 Å². The summed E-state index contributed by atoms with van der Waals surface area (Å²) in [7, 11) is 0. The fourth-order valence-electron chi connectivity index (χ4n) is 4.30. The third-order valence-electron chi connectivity index (χ3n) is 6.11. The molecule has 6 heteroatoms. The molecule has 0 radical (unpaired) electrons. The lowest BCUT2D eigenvalue weighted by Crippen LogP contribution is -2.49. The van der Waals surface area contributed by atoms with Crippen molar-refractivity contribution >= 4 is 34.6 Å². The summed E-state index contributed by atoms with van der Waals surface area (Å²) in [6.07, 6.45) is 0. The van der Waals surface area contributed by atoms with Crippen LogP contribution >= 0.6 is 23.2 Å². The van der Waals surface area contributed by atoms with Crippen LogP contribution in [0.5, 0.6) is 0 Å². The highest BCUT2D eigenvalue weighted by Crippen LogP contribution is 2.37. The van der Waals surface area contributed by atoms with Crippen LogP contribution in [0.4, 0.5) is 11.4 Å². The number of hydrogen-bond donors (Lipinski definition) is 0. The first-order valence-corrected chi connectivity index (χ1v) is 11.2. The molecule has 1 aliphatic heterocycles. The standard InChI is InChI=1S/C26H22Cl2N4/c1-18(19-5-10-24(30-2)11-6-19)31-13-14-32(25-12-9-23(28)15-21(25)16-29)26(17-31)20-3-7-22(27)8-4-20/h3-12,15,18,26H,13-14,17H2,1H3/t18-,26+/m1/s1. The van der Waals surface area contributed by atoms with Gasteiger partial charge in [0.15, 0.2) is 5.69 Å². The highest BCUT2D eigenvalue weighted by atomic mass is 35.5. The molecular weight excluding hydrogens is 439 g/mol. The molecule has 160 valence electrons. The van der Waals surface area contributed by atoms with Gasteiger partial charge in [-0.15, -0.1) is 0 Å². The zero-order chi connectivity index (χ0) is 22.7. The second-order valence-corrected chi connectivity index (χ2v) is 8.78. The van der Waals surface area contributed by atoms with Crippen LogP contribution in [0.3, 0.4) is 0 Å². The van der Waals surface area contributed by atoms with E-state index >= 15 is 0 Å². The van der Waals surface area contributed by atoms with Crippen LogP contribution in [0.2, 0.25) is 10.0 Å². The Kier molecular flexibility index (Phi) is 6.68. The van der Waals surface area contributed by atoms with E-state index in [-0.39, 0.29) is 12.1 Å². The number of nitrogens with zero attached hydrogens (tertiary/aromatic N) is 4. The van der Waals surface area contributed by atoms with Gasteiger partial charge in [0.1, 0.15) is 6.07 Å². The summed E-state index contributed by atoms with van der Waals surface area (Å²) >= 11 is 12.3. The number of nitriles is 1. The van der Waals surface area contributed by atoms with Gasteiger partial charge in [0.25, 0.3) is 0 Å². The molecule has 0 bridgehead atoms. The average Bonchev–Trinajstić information content (AvgIpc) is 2.84. The lowest BCUT2D eigenvalue weighted by atomic mass is 9.97. The second-order valence-electron chi connectivity index (χ2n) is 7.91. The Morgan fingerprint density at radius 1 is 1.00 bits per heavy atom. The minimum atomic E-state index is 0.0549. The Morgan fingerprint density at radius 3 is 2.34 bits per heavy atom.